The average Bonchev–Trinajstić information content (AvgIpc) is 1.78. The van der Waals surface area contributed by atoms with Crippen LogP contribution in [0.4, 0.5) is 0 Å². The van der Waals surface area contributed by atoms with Crippen molar-refractivity contribution in [3.8, 4) is 0 Å². The minimum Gasteiger partial charge on any atom is -0.287 e. The Morgan fingerprint density at radius 3 is 2.08 bits per heavy atom. The van der Waals surface area contributed by atoms with E-state index >= 15 is 0 Å². The SMILES string of the molecule is CCONS(=O)(=O)CS(C)(=O)=O. The zero-order chi connectivity index (χ0) is 9.83. The standard InChI is InChI=1S/C4H11NO5S2/c1-3-10-5-12(8,9)4-11(2,6)7/h5H,3-4H2,1-2H3. The number of hydrogen-bond donors (Lipinski definition) is 1. The van der Waals surface area contributed by atoms with Gasteiger partial charge in [-0.15, -0.1) is 0 Å². The first-order valence-electron chi connectivity index (χ1n) is 3.06. The summed E-state index contributed by atoms with van der Waals surface area (Å²) in [4.78, 5) is 6.00. The Kier molecular flexibility index (Phi) is 4.11. The van der Waals surface area contributed by atoms with Crippen LogP contribution in [0.2, 0.25) is 0 Å². The molecule has 0 rings (SSSR count). The van der Waals surface area contributed by atoms with Crippen LogP contribution in [-0.2, 0) is 24.7 Å². The normalized spacial score (nSPS) is 13.2. The topological polar surface area (TPSA) is 89.5 Å². The van der Waals surface area contributed by atoms with Crippen molar-refractivity contribution < 1.29 is 21.7 Å². The van der Waals surface area contributed by atoms with Crippen LogP contribution in [0, 0.1) is 0 Å². The van der Waals surface area contributed by atoms with Gasteiger partial charge in [-0.1, -0.05) is 4.89 Å². The summed E-state index contributed by atoms with van der Waals surface area (Å²) in [5.41, 5.74) is 0. The van der Waals surface area contributed by atoms with E-state index in [1.807, 2.05) is 0 Å². The maximum absolute atomic E-state index is 10.8. The Hall–Kier alpha value is -0.180. The summed E-state index contributed by atoms with van der Waals surface area (Å²) in [5, 5.41) is -0.958. The molecule has 1 N–H and O–H groups in total. The van der Waals surface area contributed by atoms with Crippen LogP contribution in [-0.4, -0.2) is 34.8 Å². The molecule has 0 aromatic rings. The van der Waals surface area contributed by atoms with Gasteiger partial charge < -0.3 is 0 Å². The Morgan fingerprint density at radius 1 is 1.25 bits per heavy atom. The fraction of sp³-hybridized carbons (Fsp3) is 1.00. The van der Waals surface area contributed by atoms with Gasteiger partial charge in [0.25, 0.3) is 0 Å². The Labute approximate surface area is 71.8 Å². The van der Waals surface area contributed by atoms with Gasteiger partial charge in [0.15, 0.2) is 14.9 Å². The van der Waals surface area contributed by atoms with Crippen LogP contribution < -0.4 is 4.89 Å². The minimum atomic E-state index is -3.86. The molecule has 0 aliphatic carbocycles. The van der Waals surface area contributed by atoms with E-state index < -0.39 is 24.9 Å². The van der Waals surface area contributed by atoms with Crippen LogP contribution in [0.15, 0.2) is 0 Å². The summed E-state index contributed by atoms with van der Waals surface area (Å²) in [6.45, 7) is 1.71. The lowest BCUT2D eigenvalue weighted by molar-refractivity contribution is 0.106. The number of hydrogen-bond acceptors (Lipinski definition) is 5. The van der Waals surface area contributed by atoms with E-state index in [4.69, 9.17) is 0 Å². The fourth-order valence-electron chi connectivity index (χ4n) is 0.455. The quantitative estimate of drug-likeness (QED) is 0.588. The predicted octanol–water partition coefficient (Wildman–Crippen LogP) is -1.14. The van der Waals surface area contributed by atoms with E-state index in [1.165, 1.54) is 0 Å². The molecule has 6 nitrogen and oxygen atoms in total. The Balaban J connectivity index is 4.26. The lowest BCUT2D eigenvalue weighted by Gasteiger charge is -2.03. The molecule has 0 aromatic heterocycles. The third-order valence-electron chi connectivity index (χ3n) is 0.699. The highest BCUT2D eigenvalue weighted by Crippen LogP contribution is 1.91. The second-order valence-electron chi connectivity index (χ2n) is 2.17. The average molecular weight is 217 g/mol. The zero-order valence-electron chi connectivity index (χ0n) is 6.77. The summed E-state index contributed by atoms with van der Waals surface area (Å²) in [6.07, 6.45) is 0.832. The molecule has 0 unspecified atom stereocenters. The van der Waals surface area contributed by atoms with E-state index in [-0.39, 0.29) is 6.61 Å². The molecule has 0 fully saturated rings. The van der Waals surface area contributed by atoms with Gasteiger partial charge in [-0.05, 0) is 6.92 Å². The number of nitrogens with one attached hydrogen (secondary N) is 1. The van der Waals surface area contributed by atoms with Crippen LogP contribution in [0.25, 0.3) is 0 Å². The predicted molar refractivity (Wildman–Crippen MR) is 43.4 cm³/mol. The van der Waals surface area contributed by atoms with Gasteiger partial charge in [-0.3, -0.25) is 4.84 Å². The van der Waals surface area contributed by atoms with E-state index in [0.29, 0.717) is 0 Å². The van der Waals surface area contributed by atoms with Gasteiger partial charge in [0.05, 0.1) is 6.61 Å². The molecule has 0 aliphatic heterocycles. The molecule has 0 saturated heterocycles. The van der Waals surface area contributed by atoms with Crippen LogP contribution in [0.1, 0.15) is 6.92 Å². The first-order valence-corrected chi connectivity index (χ1v) is 6.77. The minimum absolute atomic E-state index is 0.142. The maximum atomic E-state index is 10.8. The third kappa shape index (κ3) is 6.53. The largest absolute Gasteiger partial charge is 0.287 e. The van der Waals surface area contributed by atoms with Crippen LogP contribution >= 0.6 is 0 Å². The molecule has 8 heteroatoms. The van der Waals surface area contributed by atoms with Crippen LogP contribution in [0.3, 0.4) is 0 Å². The molecule has 0 saturated carbocycles. The van der Waals surface area contributed by atoms with Crippen molar-refractivity contribution in [3.63, 3.8) is 0 Å². The smallest absolute Gasteiger partial charge is 0.247 e. The summed E-state index contributed by atoms with van der Waals surface area (Å²) in [6, 6.07) is 0. The van der Waals surface area contributed by atoms with E-state index in [0.717, 1.165) is 6.26 Å². The molecule has 0 aromatic carbocycles. The van der Waals surface area contributed by atoms with Crippen molar-refractivity contribution >= 4 is 19.9 Å². The van der Waals surface area contributed by atoms with E-state index in [2.05, 4.69) is 4.84 Å². The van der Waals surface area contributed by atoms with Gasteiger partial charge in [0.1, 0.15) is 0 Å². The highest BCUT2D eigenvalue weighted by atomic mass is 32.3. The highest BCUT2D eigenvalue weighted by Gasteiger charge is 2.17. The van der Waals surface area contributed by atoms with Gasteiger partial charge in [-0.25, -0.2) is 16.8 Å². The van der Waals surface area contributed by atoms with Crippen molar-refractivity contribution in [2.75, 3.05) is 17.9 Å². The second-order valence-corrected chi connectivity index (χ2v) is 6.37. The van der Waals surface area contributed by atoms with Gasteiger partial charge in [-0.2, -0.15) is 0 Å². The molecule has 74 valence electrons. The molecule has 0 heterocycles. The van der Waals surface area contributed by atoms with Gasteiger partial charge in [0, 0.05) is 6.26 Å². The molecular formula is C4H11NO5S2. The highest BCUT2D eigenvalue weighted by molar-refractivity contribution is 8.06. The van der Waals surface area contributed by atoms with Crippen molar-refractivity contribution in [1.29, 1.82) is 0 Å². The monoisotopic (exact) mass is 217 g/mol. The van der Waals surface area contributed by atoms with Gasteiger partial charge >= 0.3 is 0 Å². The Bertz CT molecular complexity index is 315. The van der Waals surface area contributed by atoms with Crippen molar-refractivity contribution in [2.45, 2.75) is 6.92 Å². The van der Waals surface area contributed by atoms with Crippen molar-refractivity contribution in [1.82, 2.24) is 4.89 Å². The fourth-order valence-corrected chi connectivity index (χ4v) is 3.20. The van der Waals surface area contributed by atoms with Crippen LogP contribution in [0.5, 0.6) is 0 Å². The summed E-state index contributed by atoms with van der Waals surface area (Å²) >= 11 is 0. The molecule has 0 spiro atoms. The first-order chi connectivity index (χ1) is 5.27. The second kappa shape index (κ2) is 4.17. The lowest BCUT2D eigenvalue weighted by atomic mass is 10.9. The summed E-state index contributed by atoms with van der Waals surface area (Å²) in [5.74, 6) is 0. The first kappa shape index (κ1) is 11.8. The number of rotatable bonds is 5. The lowest BCUT2D eigenvalue weighted by Crippen LogP contribution is -2.29. The molecule has 0 aliphatic rings. The number of sulfone groups is 1. The Morgan fingerprint density at radius 2 is 1.75 bits per heavy atom. The third-order valence-corrected chi connectivity index (χ3v) is 4.03. The molecule has 0 amide bonds. The maximum Gasteiger partial charge on any atom is 0.247 e. The molecule has 0 bridgehead atoms. The van der Waals surface area contributed by atoms with Crippen molar-refractivity contribution in [2.24, 2.45) is 0 Å². The zero-order valence-corrected chi connectivity index (χ0v) is 8.40. The molecule has 12 heavy (non-hydrogen) atoms. The summed E-state index contributed by atoms with van der Waals surface area (Å²) in [7, 11) is -7.40. The molecular weight excluding hydrogens is 206 g/mol. The number of sulfonamides is 1. The summed E-state index contributed by atoms with van der Waals surface area (Å²) < 4.78 is 42.7. The van der Waals surface area contributed by atoms with Gasteiger partial charge in [0.2, 0.25) is 10.0 Å². The molecule has 0 radical (unpaired) electrons. The van der Waals surface area contributed by atoms with Crippen molar-refractivity contribution in [3.05, 3.63) is 0 Å². The van der Waals surface area contributed by atoms with E-state index in [1.54, 1.807) is 11.8 Å². The molecule has 0 atom stereocenters. The van der Waals surface area contributed by atoms with E-state index in [9.17, 15) is 16.8 Å².